The van der Waals surface area contributed by atoms with Crippen LogP contribution in [0.25, 0.3) is 0 Å². The van der Waals surface area contributed by atoms with Crippen LogP contribution >= 0.6 is 0 Å². The molecule has 1 N–H and O–H groups in total. The van der Waals surface area contributed by atoms with E-state index in [-0.39, 0.29) is 12.7 Å². The van der Waals surface area contributed by atoms with Crippen LogP contribution in [0.5, 0.6) is 11.5 Å². The Balaban J connectivity index is 1.85. The fourth-order valence-corrected chi connectivity index (χ4v) is 2.72. The molecule has 0 radical (unpaired) electrons. The van der Waals surface area contributed by atoms with E-state index in [4.69, 9.17) is 9.47 Å². The van der Waals surface area contributed by atoms with Gasteiger partial charge in [0.1, 0.15) is 0 Å². The summed E-state index contributed by atoms with van der Waals surface area (Å²) in [4.78, 5) is 0. The minimum Gasteiger partial charge on any atom is -0.454 e. The highest BCUT2D eigenvalue weighted by Gasteiger charge is 2.26. The van der Waals surface area contributed by atoms with Crippen molar-refractivity contribution in [2.24, 2.45) is 5.92 Å². The van der Waals surface area contributed by atoms with Crippen molar-refractivity contribution in [3.8, 4) is 17.6 Å². The molecule has 2 atom stereocenters. The maximum absolute atomic E-state index is 9.43. The Morgan fingerprint density at radius 2 is 2.22 bits per heavy atom. The van der Waals surface area contributed by atoms with Crippen LogP contribution in [-0.2, 0) is 0 Å². The average Bonchev–Trinajstić information content (AvgIpc) is 2.88. The number of piperidine rings is 1. The van der Waals surface area contributed by atoms with Crippen LogP contribution in [-0.4, -0.2) is 19.9 Å². The summed E-state index contributed by atoms with van der Waals surface area (Å²) < 4.78 is 10.7. The Morgan fingerprint density at radius 3 is 3.00 bits per heavy atom. The van der Waals surface area contributed by atoms with Gasteiger partial charge >= 0.3 is 0 Å². The first-order valence-electron chi connectivity index (χ1n) is 6.38. The van der Waals surface area contributed by atoms with Gasteiger partial charge in [-0.2, -0.15) is 5.26 Å². The second-order valence-electron chi connectivity index (χ2n) is 4.83. The van der Waals surface area contributed by atoms with E-state index in [2.05, 4.69) is 11.4 Å². The predicted octanol–water partition coefficient (Wildman–Crippen LogP) is 2.02. The number of benzene rings is 1. The van der Waals surface area contributed by atoms with Crippen molar-refractivity contribution < 1.29 is 9.47 Å². The van der Waals surface area contributed by atoms with Crippen molar-refractivity contribution in [1.82, 2.24) is 5.32 Å². The van der Waals surface area contributed by atoms with E-state index >= 15 is 0 Å². The molecule has 1 fully saturated rings. The standard InChI is InChI=1S/C14H16N2O2/c15-7-12(11-2-1-5-16-8-11)10-3-4-13-14(6-10)18-9-17-13/h3-4,6,11-12,16H,1-2,5,8-9H2. The maximum Gasteiger partial charge on any atom is 0.231 e. The summed E-state index contributed by atoms with van der Waals surface area (Å²) >= 11 is 0. The highest BCUT2D eigenvalue weighted by Crippen LogP contribution is 2.37. The van der Waals surface area contributed by atoms with Gasteiger partial charge in [0.2, 0.25) is 6.79 Å². The highest BCUT2D eigenvalue weighted by molar-refractivity contribution is 5.46. The number of rotatable bonds is 2. The van der Waals surface area contributed by atoms with Crippen LogP contribution in [0, 0.1) is 17.2 Å². The smallest absolute Gasteiger partial charge is 0.231 e. The molecule has 3 rings (SSSR count). The second-order valence-corrected chi connectivity index (χ2v) is 4.83. The number of nitrogens with one attached hydrogen (secondary N) is 1. The fourth-order valence-electron chi connectivity index (χ4n) is 2.72. The Hall–Kier alpha value is -1.73. The average molecular weight is 244 g/mol. The molecule has 2 aliphatic heterocycles. The van der Waals surface area contributed by atoms with Crippen molar-refractivity contribution >= 4 is 0 Å². The number of nitrogens with zero attached hydrogens (tertiary/aromatic N) is 1. The van der Waals surface area contributed by atoms with Crippen LogP contribution in [0.1, 0.15) is 24.3 Å². The van der Waals surface area contributed by atoms with Crippen LogP contribution in [0.15, 0.2) is 18.2 Å². The van der Waals surface area contributed by atoms with Crippen LogP contribution in [0.2, 0.25) is 0 Å². The summed E-state index contributed by atoms with van der Waals surface area (Å²) in [6.45, 7) is 2.27. The fraction of sp³-hybridized carbons (Fsp3) is 0.500. The molecule has 2 aliphatic rings. The van der Waals surface area contributed by atoms with Crippen LogP contribution in [0.3, 0.4) is 0 Å². The zero-order valence-corrected chi connectivity index (χ0v) is 10.2. The topological polar surface area (TPSA) is 54.3 Å². The van der Waals surface area contributed by atoms with E-state index < -0.39 is 0 Å². The zero-order chi connectivity index (χ0) is 12.4. The number of ether oxygens (including phenoxy) is 2. The molecule has 2 unspecified atom stereocenters. The minimum atomic E-state index is -0.0627. The van der Waals surface area contributed by atoms with Gasteiger partial charge < -0.3 is 14.8 Å². The largest absolute Gasteiger partial charge is 0.454 e. The summed E-state index contributed by atoms with van der Waals surface area (Å²) in [5, 5.41) is 12.8. The lowest BCUT2D eigenvalue weighted by Crippen LogP contribution is -2.32. The van der Waals surface area contributed by atoms with Gasteiger partial charge in [-0.05, 0) is 49.5 Å². The molecule has 2 heterocycles. The molecule has 0 amide bonds. The summed E-state index contributed by atoms with van der Waals surface area (Å²) in [6, 6.07) is 8.28. The van der Waals surface area contributed by atoms with E-state index in [1.807, 2.05) is 18.2 Å². The van der Waals surface area contributed by atoms with Crippen molar-refractivity contribution in [2.45, 2.75) is 18.8 Å². The lowest BCUT2D eigenvalue weighted by Gasteiger charge is -2.26. The summed E-state index contributed by atoms with van der Waals surface area (Å²) in [5.41, 5.74) is 1.04. The lowest BCUT2D eigenvalue weighted by atomic mass is 9.82. The molecule has 0 bridgehead atoms. The Morgan fingerprint density at radius 1 is 1.33 bits per heavy atom. The summed E-state index contributed by atoms with van der Waals surface area (Å²) in [6.07, 6.45) is 2.26. The van der Waals surface area contributed by atoms with Gasteiger partial charge in [0.25, 0.3) is 0 Å². The Kier molecular flexibility index (Phi) is 3.07. The second kappa shape index (κ2) is 4.87. The molecule has 94 valence electrons. The normalized spacial score (nSPS) is 23.4. The van der Waals surface area contributed by atoms with Gasteiger partial charge in [0.05, 0.1) is 12.0 Å². The van der Waals surface area contributed by atoms with E-state index in [1.54, 1.807) is 0 Å². The third-order valence-corrected chi connectivity index (χ3v) is 3.70. The molecular weight excluding hydrogens is 228 g/mol. The molecule has 4 nitrogen and oxygen atoms in total. The van der Waals surface area contributed by atoms with Gasteiger partial charge in [0, 0.05) is 0 Å². The van der Waals surface area contributed by atoms with Crippen molar-refractivity contribution in [2.75, 3.05) is 19.9 Å². The highest BCUT2D eigenvalue weighted by atomic mass is 16.7. The third kappa shape index (κ3) is 2.02. The van der Waals surface area contributed by atoms with E-state index in [0.29, 0.717) is 5.92 Å². The molecule has 4 heteroatoms. The van der Waals surface area contributed by atoms with Crippen molar-refractivity contribution in [3.63, 3.8) is 0 Å². The number of hydrogen-bond acceptors (Lipinski definition) is 4. The predicted molar refractivity (Wildman–Crippen MR) is 66.5 cm³/mol. The molecule has 0 aromatic heterocycles. The maximum atomic E-state index is 9.43. The Labute approximate surface area is 107 Å². The van der Waals surface area contributed by atoms with Crippen molar-refractivity contribution in [3.05, 3.63) is 23.8 Å². The Bertz CT molecular complexity index is 475. The van der Waals surface area contributed by atoms with E-state index in [9.17, 15) is 5.26 Å². The molecule has 0 aliphatic carbocycles. The molecular formula is C14H16N2O2. The molecule has 1 aromatic rings. The van der Waals surface area contributed by atoms with Crippen LogP contribution in [0.4, 0.5) is 0 Å². The minimum absolute atomic E-state index is 0.0627. The molecule has 0 spiro atoms. The monoisotopic (exact) mass is 244 g/mol. The summed E-state index contributed by atoms with van der Waals surface area (Å²) in [7, 11) is 0. The quantitative estimate of drug-likeness (QED) is 0.864. The first kappa shape index (κ1) is 11.4. The SMILES string of the molecule is N#CC(c1ccc2c(c1)OCO2)C1CCCNC1. The number of fused-ring (bicyclic) bond motifs is 1. The van der Waals surface area contributed by atoms with Gasteiger partial charge in [-0.1, -0.05) is 6.07 Å². The van der Waals surface area contributed by atoms with Crippen molar-refractivity contribution in [1.29, 1.82) is 5.26 Å². The van der Waals surface area contributed by atoms with E-state index in [1.165, 1.54) is 0 Å². The third-order valence-electron chi connectivity index (χ3n) is 3.70. The first-order valence-corrected chi connectivity index (χ1v) is 6.38. The van der Waals surface area contributed by atoms with Gasteiger partial charge in [-0.15, -0.1) is 0 Å². The number of hydrogen-bond donors (Lipinski definition) is 1. The molecule has 1 saturated heterocycles. The molecule has 0 saturated carbocycles. The van der Waals surface area contributed by atoms with Gasteiger partial charge in [-0.3, -0.25) is 0 Å². The summed E-state index contributed by atoms with van der Waals surface area (Å²) in [5.74, 6) is 1.87. The van der Waals surface area contributed by atoms with E-state index in [0.717, 1.165) is 43.0 Å². The molecule has 18 heavy (non-hydrogen) atoms. The first-order chi connectivity index (χ1) is 8.88. The zero-order valence-electron chi connectivity index (χ0n) is 10.2. The van der Waals surface area contributed by atoms with Gasteiger partial charge in [0.15, 0.2) is 11.5 Å². The lowest BCUT2D eigenvalue weighted by molar-refractivity contribution is 0.174. The molecule has 1 aromatic carbocycles. The number of nitriles is 1. The van der Waals surface area contributed by atoms with Gasteiger partial charge in [-0.25, -0.2) is 0 Å². The van der Waals surface area contributed by atoms with Crippen LogP contribution < -0.4 is 14.8 Å².